The third kappa shape index (κ3) is 2.42. The molecule has 0 aliphatic carbocycles. The molecule has 0 fully saturated rings. The van der Waals surface area contributed by atoms with Gasteiger partial charge in [-0.25, -0.2) is 0 Å². The summed E-state index contributed by atoms with van der Waals surface area (Å²) in [5.41, 5.74) is 2.27. The molecule has 5 nitrogen and oxygen atoms in total. The van der Waals surface area contributed by atoms with Crippen LogP contribution in [0.5, 0.6) is 5.88 Å². The lowest BCUT2D eigenvalue weighted by Gasteiger charge is -2.01. The van der Waals surface area contributed by atoms with E-state index in [1.165, 1.54) is 11.3 Å². The van der Waals surface area contributed by atoms with Crippen molar-refractivity contribution in [3.05, 3.63) is 46.2 Å². The maximum Gasteiger partial charge on any atom is 0.305 e. The standard InChI is InChI=1S/C16H15N3O2S/c1-3-19-12-7-6-10(2)9-11(12)14(16(19)21)17-18-15(20)13-5-4-8-22-13/h4-9,21H,3H2,1-2H3. The highest BCUT2D eigenvalue weighted by Gasteiger charge is 2.16. The van der Waals surface area contributed by atoms with Crippen molar-refractivity contribution < 1.29 is 9.90 Å². The van der Waals surface area contributed by atoms with Crippen molar-refractivity contribution in [2.45, 2.75) is 20.4 Å². The number of benzene rings is 1. The Morgan fingerprint density at radius 1 is 1.36 bits per heavy atom. The maximum atomic E-state index is 11.9. The SMILES string of the molecule is CCn1c(O)c(N=NC(=O)c2cccs2)c2cc(C)ccc21. The van der Waals surface area contributed by atoms with Crippen molar-refractivity contribution in [3.8, 4) is 5.88 Å². The van der Waals surface area contributed by atoms with E-state index in [1.54, 1.807) is 16.7 Å². The van der Waals surface area contributed by atoms with Crippen LogP contribution in [0.4, 0.5) is 5.69 Å². The van der Waals surface area contributed by atoms with E-state index in [0.29, 0.717) is 17.1 Å². The van der Waals surface area contributed by atoms with Gasteiger partial charge in [-0.2, -0.15) is 0 Å². The van der Waals surface area contributed by atoms with E-state index < -0.39 is 5.91 Å². The van der Waals surface area contributed by atoms with E-state index in [4.69, 9.17) is 0 Å². The molecule has 0 saturated carbocycles. The largest absolute Gasteiger partial charge is 0.493 e. The quantitative estimate of drug-likeness (QED) is 0.714. The second-order valence-corrected chi connectivity index (χ2v) is 5.87. The molecule has 2 heterocycles. The Hall–Kier alpha value is -2.47. The summed E-state index contributed by atoms with van der Waals surface area (Å²) in [6, 6.07) is 9.34. The van der Waals surface area contributed by atoms with E-state index in [2.05, 4.69) is 10.2 Å². The summed E-state index contributed by atoms with van der Waals surface area (Å²) in [6.45, 7) is 4.52. The number of nitrogens with zero attached hydrogens (tertiary/aromatic N) is 3. The molecule has 3 rings (SSSR count). The van der Waals surface area contributed by atoms with E-state index >= 15 is 0 Å². The van der Waals surface area contributed by atoms with Crippen LogP contribution in [0.25, 0.3) is 10.9 Å². The van der Waals surface area contributed by atoms with E-state index in [-0.39, 0.29) is 5.88 Å². The number of hydrogen-bond donors (Lipinski definition) is 1. The highest BCUT2D eigenvalue weighted by Crippen LogP contribution is 2.39. The van der Waals surface area contributed by atoms with Gasteiger partial charge in [0.25, 0.3) is 0 Å². The summed E-state index contributed by atoms with van der Waals surface area (Å²) in [6.07, 6.45) is 0. The predicted molar refractivity (Wildman–Crippen MR) is 87.2 cm³/mol. The monoisotopic (exact) mass is 313 g/mol. The maximum absolute atomic E-state index is 11.9. The van der Waals surface area contributed by atoms with Crippen molar-refractivity contribution in [1.29, 1.82) is 0 Å². The molecular weight excluding hydrogens is 298 g/mol. The molecule has 1 aromatic carbocycles. The zero-order valence-corrected chi connectivity index (χ0v) is 13.1. The van der Waals surface area contributed by atoms with Crippen LogP contribution in [0.2, 0.25) is 0 Å². The first-order valence-corrected chi connectivity index (χ1v) is 7.81. The van der Waals surface area contributed by atoms with Crippen LogP contribution >= 0.6 is 11.3 Å². The van der Waals surface area contributed by atoms with Gasteiger partial charge in [0, 0.05) is 11.9 Å². The fourth-order valence-electron chi connectivity index (χ4n) is 2.40. The number of aromatic hydroxyl groups is 1. The van der Waals surface area contributed by atoms with Gasteiger partial charge in [0.2, 0.25) is 5.88 Å². The van der Waals surface area contributed by atoms with Gasteiger partial charge in [-0.05, 0) is 37.4 Å². The molecule has 22 heavy (non-hydrogen) atoms. The summed E-state index contributed by atoms with van der Waals surface area (Å²) in [5.74, 6) is -0.370. The molecule has 0 aliphatic heterocycles. The van der Waals surface area contributed by atoms with Crippen LogP contribution < -0.4 is 0 Å². The second-order valence-electron chi connectivity index (χ2n) is 4.92. The number of amides is 1. The van der Waals surface area contributed by atoms with Crippen molar-refractivity contribution in [3.63, 3.8) is 0 Å². The van der Waals surface area contributed by atoms with Crippen LogP contribution in [0.1, 0.15) is 22.2 Å². The van der Waals surface area contributed by atoms with E-state index in [0.717, 1.165) is 16.5 Å². The van der Waals surface area contributed by atoms with E-state index in [9.17, 15) is 9.90 Å². The molecule has 0 spiro atoms. The molecular formula is C16H15N3O2S. The number of azo groups is 1. The van der Waals surface area contributed by atoms with Gasteiger partial charge in [-0.1, -0.05) is 17.7 Å². The number of carbonyl (C=O) groups is 1. The Kier molecular flexibility index (Phi) is 3.77. The minimum absolute atomic E-state index is 0.0332. The Bertz CT molecular complexity index is 863. The lowest BCUT2D eigenvalue weighted by molar-refractivity contribution is 0.0999. The van der Waals surface area contributed by atoms with Gasteiger partial charge in [-0.15, -0.1) is 21.6 Å². The van der Waals surface area contributed by atoms with Crippen LogP contribution in [-0.4, -0.2) is 15.6 Å². The molecule has 3 aromatic rings. The normalized spacial score (nSPS) is 11.5. The molecule has 112 valence electrons. The Morgan fingerprint density at radius 2 is 2.18 bits per heavy atom. The van der Waals surface area contributed by atoms with Gasteiger partial charge in [-0.3, -0.25) is 4.79 Å². The van der Waals surface area contributed by atoms with Gasteiger partial charge in [0.1, 0.15) is 0 Å². The Labute approximate surface area is 131 Å². The fraction of sp³-hybridized carbons (Fsp3) is 0.188. The van der Waals surface area contributed by atoms with Crippen molar-refractivity contribution >= 4 is 33.8 Å². The molecule has 0 saturated heterocycles. The highest BCUT2D eigenvalue weighted by molar-refractivity contribution is 7.12. The first kappa shape index (κ1) is 14.5. The fourth-order valence-corrected chi connectivity index (χ4v) is 3.00. The summed E-state index contributed by atoms with van der Waals surface area (Å²) in [4.78, 5) is 12.5. The average Bonchev–Trinajstić information content (AvgIpc) is 3.11. The summed E-state index contributed by atoms with van der Waals surface area (Å²) in [5, 5.41) is 20.7. The van der Waals surface area contributed by atoms with Crippen molar-refractivity contribution in [2.24, 2.45) is 10.2 Å². The van der Waals surface area contributed by atoms with Crippen LogP contribution in [-0.2, 0) is 6.54 Å². The highest BCUT2D eigenvalue weighted by atomic mass is 32.1. The third-order valence-corrected chi connectivity index (χ3v) is 4.31. The van der Waals surface area contributed by atoms with Crippen LogP contribution in [0.15, 0.2) is 45.9 Å². The smallest absolute Gasteiger partial charge is 0.305 e. The first-order chi connectivity index (χ1) is 10.6. The average molecular weight is 313 g/mol. The molecule has 1 N–H and O–H groups in total. The van der Waals surface area contributed by atoms with Gasteiger partial charge in [0.05, 0.1) is 10.4 Å². The van der Waals surface area contributed by atoms with Gasteiger partial charge >= 0.3 is 5.91 Å². The van der Waals surface area contributed by atoms with Crippen molar-refractivity contribution in [2.75, 3.05) is 0 Å². The Balaban J connectivity index is 2.08. The molecule has 6 heteroatoms. The lowest BCUT2D eigenvalue weighted by atomic mass is 10.1. The van der Waals surface area contributed by atoms with Gasteiger partial charge in [0.15, 0.2) is 5.69 Å². The second kappa shape index (κ2) is 5.73. The molecule has 0 aliphatic rings. The molecule has 0 atom stereocenters. The Morgan fingerprint density at radius 3 is 2.86 bits per heavy atom. The molecule has 1 amide bonds. The number of aromatic nitrogens is 1. The zero-order valence-electron chi connectivity index (χ0n) is 12.3. The summed E-state index contributed by atoms with van der Waals surface area (Å²) < 4.78 is 1.75. The lowest BCUT2D eigenvalue weighted by Crippen LogP contribution is -1.91. The number of aryl methyl sites for hydroxylation is 2. The van der Waals surface area contributed by atoms with Crippen molar-refractivity contribution in [1.82, 2.24) is 4.57 Å². The van der Waals surface area contributed by atoms with Crippen LogP contribution in [0.3, 0.4) is 0 Å². The minimum Gasteiger partial charge on any atom is -0.493 e. The molecule has 0 radical (unpaired) electrons. The topological polar surface area (TPSA) is 66.9 Å². The van der Waals surface area contributed by atoms with Gasteiger partial charge < -0.3 is 9.67 Å². The van der Waals surface area contributed by atoms with E-state index in [1.807, 2.05) is 37.4 Å². The number of fused-ring (bicyclic) bond motifs is 1. The summed E-state index contributed by atoms with van der Waals surface area (Å²) >= 11 is 1.32. The number of carbonyl (C=O) groups excluding carboxylic acids is 1. The minimum atomic E-state index is -0.403. The van der Waals surface area contributed by atoms with Crippen LogP contribution in [0, 0.1) is 6.92 Å². The first-order valence-electron chi connectivity index (χ1n) is 6.93. The zero-order chi connectivity index (χ0) is 15.7. The number of rotatable bonds is 3. The predicted octanol–water partition coefficient (Wildman–Crippen LogP) is 4.66. The molecule has 0 bridgehead atoms. The molecule has 0 unspecified atom stereocenters. The number of thiophene rings is 1. The summed E-state index contributed by atoms with van der Waals surface area (Å²) in [7, 11) is 0. The third-order valence-electron chi connectivity index (χ3n) is 3.45. The molecule has 2 aromatic heterocycles. The number of hydrogen-bond acceptors (Lipinski definition) is 4.